The molecule has 2 aromatic carbocycles. The van der Waals surface area contributed by atoms with Gasteiger partial charge >= 0.3 is 0 Å². The molecule has 6 nitrogen and oxygen atoms in total. The van der Waals surface area contributed by atoms with E-state index in [0.29, 0.717) is 24.9 Å². The van der Waals surface area contributed by atoms with Crippen LogP contribution < -0.4 is 16.0 Å². The molecular weight excluding hydrogens is 349 g/mol. The van der Waals surface area contributed by atoms with Crippen LogP contribution >= 0.6 is 0 Å². The second-order valence-corrected chi connectivity index (χ2v) is 6.44. The molecule has 0 aromatic heterocycles. The number of nitrogens with zero attached hydrogens (tertiary/aromatic N) is 1. The number of nitrogens with one attached hydrogen (secondary N) is 1. The minimum Gasteiger partial charge on any atom is -0.366 e. The molecule has 2 aromatic rings. The SMILES string of the molecule is CCC(=O)N1CCc2cc(C(=O)Nc3cc(C(N)=O)cc(F)c3C)ccc21. The van der Waals surface area contributed by atoms with Crippen molar-refractivity contribution < 1.29 is 18.8 Å². The van der Waals surface area contributed by atoms with Crippen LogP contribution in [0.15, 0.2) is 30.3 Å². The van der Waals surface area contributed by atoms with Crippen molar-refractivity contribution in [2.75, 3.05) is 16.8 Å². The summed E-state index contributed by atoms with van der Waals surface area (Å²) in [6.07, 6.45) is 1.09. The Bertz CT molecular complexity index is 956. The van der Waals surface area contributed by atoms with Gasteiger partial charge in [-0.2, -0.15) is 0 Å². The molecule has 7 heteroatoms. The Morgan fingerprint density at radius 1 is 1.19 bits per heavy atom. The van der Waals surface area contributed by atoms with Crippen LogP contribution in [0.25, 0.3) is 0 Å². The highest BCUT2D eigenvalue weighted by atomic mass is 19.1. The summed E-state index contributed by atoms with van der Waals surface area (Å²) < 4.78 is 14.0. The standard InChI is InChI=1S/C20H20FN3O3/c1-3-18(25)24-7-6-12-8-13(4-5-17(12)24)20(27)23-16-10-14(19(22)26)9-15(21)11(16)2/h4-5,8-10H,3,6-7H2,1-2H3,(H2,22,26)(H,23,27). The normalized spacial score (nSPS) is 12.6. The summed E-state index contributed by atoms with van der Waals surface area (Å²) in [7, 11) is 0. The first-order valence-corrected chi connectivity index (χ1v) is 8.66. The highest BCUT2D eigenvalue weighted by Gasteiger charge is 2.24. The minimum absolute atomic E-state index is 0.0175. The van der Waals surface area contributed by atoms with Gasteiger partial charge in [-0.05, 0) is 49.2 Å². The summed E-state index contributed by atoms with van der Waals surface area (Å²) in [6.45, 7) is 3.91. The van der Waals surface area contributed by atoms with Gasteiger partial charge in [0.15, 0.2) is 0 Å². The lowest BCUT2D eigenvalue weighted by atomic mass is 10.1. The van der Waals surface area contributed by atoms with Crippen LogP contribution in [0.1, 0.15) is 45.2 Å². The Morgan fingerprint density at radius 2 is 1.93 bits per heavy atom. The predicted octanol–water partition coefficient (Wildman–Crippen LogP) is 2.78. The molecule has 0 radical (unpaired) electrons. The van der Waals surface area contributed by atoms with E-state index >= 15 is 0 Å². The molecule has 0 unspecified atom stereocenters. The molecule has 0 saturated carbocycles. The predicted molar refractivity (Wildman–Crippen MR) is 100 cm³/mol. The fraction of sp³-hybridized carbons (Fsp3) is 0.250. The third-order valence-electron chi connectivity index (χ3n) is 4.72. The van der Waals surface area contributed by atoms with Crippen LogP contribution in [0.3, 0.4) is 0 Å². The molecule has 0 fully saturated rings. The maximum atomic E-state index is 14.0. The van der Waals surface area contributed by atoms with Gasteiger partial charge in [-0.25, -0.2) is 4.39 Å². The Balaban J connectivity index is 1.86. The van der Waals surface area contributed by atoms with Crippen LogP contribution in [-0.4, -0.2) is 24.3 Å². The molecule has 0 bridgehead atoms. The van der Waals surface area contributed by atoms with Crippen LogP contribution in [0.2, 0.25) is 0 Å². The number of halogens is 1. The second kappa shape index (κ2) is 7.19. The number of fused-ring (bicyclic) bond motifs is 1. The van der Waals surface area contributed by atoms with Crippen molar-refractivity contribution in [2.24, 2.45) is 5.73 Å². The molecule has 3 amide bonds. The minimum atomic E-state index is -0.775. The Hall–Kier alpha value is -3.22. The number of carbonyl (C=O) groups excluding carboxylic acids is 3. The van der Waals surface area contributed by atoms with E-state index < -0.39 is 17.6 Å². The molecule has 3 N–H and O–H groups in total. The highest BCUT2D eigenvalue weighted by molar-refractivity contribution is 6.06. The summed E-state index contributed by atoms with van der Waals surface area (Å²) in [5, 5.41) is 2.63. The zero-order chi connectivity index (χ0) is 19.7. The van der Waals surface area contributed by atoms with Gasteiger partial charge in [-0.1, -0.05) is 6.92 Å². The number of primary amides is 1. The van der Waals surface area contributed by atoms with E-state index in [1.165, 1.54) is 13.0 Å². The summed E-state index contributed by atoms with van der Waals surface area (Å²) >= 11 is 0. The average molecular weight is 369 g/mol. The largest absolute Gasteiger partial charge is 0.366 e. The monoisotopic (exact) mass is 369 g/mol. The highest BCUT2D eigenvalue weighted by Crippen LogP contribution is 2.30. The first-order chi connectivity index (χ1) is 12.8. The number of amides is 3. The first-order valence-electron chi connectivity index (χ1n) is 8.66. The summed E-state index contributed by atoms with van der Waals surface area (Å²) in [5.74, 6) is -1.78. The first kappa shape index (κ1) is 18.6. The van der Waals surface area contributed by atoms with Gasteiger partial charge in [0.25, 0.3) is 5.91 Å². The lowest BCUT2D eigenvalue weighted by molar-refractivity contribution is -0.118. The van der Waals surface area contributed by atoms with E-state index in [2.05, 4.69) is 5.32 Å². The molecule has 0 atom stereocenters. The smallest absolute Gasteiger partial charge is 0.255 e. The van der Waals surface area contributed by atoms with Crippen LogP contribution in [0.4, 0.5) is 15.8 Å². The number of rotatable bonds is 4. The van der Waals surface area contributed by atoms with Gasteiger partial charge in [0.05, 0.1) is 0 Å². The van der Waals surface area contributed by atoms with Crippen molar-refractivity contribution in [3.05, 3.63) is 58.4 Å². The second-order valence-electron chi connectivity index (χ2n) is 6.44. The average Bonchev–Trinajstić information content (AvgIpc) is 3.07. The van der Waals surface area contributed by atoms with Gasteiger partial charge < -0.3 is 16.0 Å². The van der Waals surface area contributed by atoms with E-state index in [4.69, 9.17) is 5.73 Å². The van der Waals surface area contributed by atoms with Crippen molar-refractivity contribution in [2.45, 2.75) is 26.7 Å². The maximum Gasteiger partial charge on any atom is 0.255 e. The zero-order valence-corrected chi connectivity index (χ0v) is 15.1. The number of hydrogen-bond acceptors (Lipinski definition) is 3. The molecule has 0 spiro atoms. The van der Waals surface area contributed by atoms with Crippen molar-refractivity contribution >= 4 is 29.1 Å². The molecule has 3 rings (SSSR count). The van der Waals surface area contributed by atoms with Crippen LogP contribution in [-0.2, 0) is 11.2 Å². The molecule has 1 heterocycles. The fourth-order valence-electron chi connectivity index (χ4n) is 3.14. The third kappa shape index (κ3) is 3.53. The van der Waals surface area contributed by atoms with E-state index in [9.17, 15) is 18.8 Å². The molecule has 1 aliphatic heterocycles. The van der Waals surface area contributed by atoms with E-state index in [1.54, 1.807) is 23.1 Å². The van der Waals surface area contributed by atoms with E-state index in [-0.39, 0.29) is 22.7 Å². The van der Waals surface area contributed by atoms with Gasteiger partial charge in [-0.15, -0.1) is 0 Å². The van der Waals surface area contributed by atoms with Gasteiger partial charge in [-0.3, -0.25) is 14.4 Å². The summed E-state index contributed by atoms with van der Waals surface area (Å²) in [4.78, 5) is 37.6. The number of carbonyl (C=O) groups is 3. The molecule has 1 aliphatic rings. The van der Waals surface area contributed by atoms with Crippen LogP contribution in [0.5, 0.6) is 0 Å². The number of hydrogen-bond donors (Lipinski definition) is 2. The molecule has 27 heavy (non-hydrogen) atoms. The third-order valence-corrected chi connectivity index (χ3v) is 4.72. The molecule has 140 valence electrons. The van der Waals surface area contributed by atoms with Gasteiger partial charge in [0, 0.05) is 41.0 Å². The van der Waals surface area contributed by atoms with Crippen LogP contribution in [0, 0.1) is 12.7 Å². The van der Waals surface area contributed by atoms with Crippen molar-refractivity contribution in [3.63, 3.8) is 0 Å². The number of benzene rings is 2. The van der Waals surface area contributed by atoms with E-state index in [1.807, 2.05) is 6.92 Å². The lowest BCUT2D eigenvalue weighted by Crippen LogP contribution is -2.27. The van der Waals surface area contributed by atoms with Crippen molar-refractivity contribution in [1.29, 1.82) is 0 Å². The lowest BCUT2D eigenvalue weighted by Gasteiger charge is -2.16. The summed E-state index contributed by atoms with van der Waals surface area (Å²) in [6, 6.07) is 7.50. The Labute approximate surface area is 156 Å². The fourth-order valence-corrected chi connectivity index (χ4v) is 3.14. The Kier molecular flexibility index (Phi) is 4.94. The topological polar surface area (TPSA) is 92.5 Å². The Morgan fingerprint density at radius 3 is 2.59 bits per heavy atom. The number of nitrogens with two attached hydrogens (primary N) is 1. The molecule has 0 aliphatic carbocycles. The molecular formula is C20H20FN3O3. The van der Waals surface area contributed by atoms with Crippen molar-refractivity contribution in [1.82, 2.24) is 0 Å². The quantitative estimate of drug-likeness (QED) is 0.868. The van der Waals surface area contributed by atoms with Gasteiger partial charge in [0.2, 0.25) is 11.8 Å². The van der Waals surface area contributed by atoms with Crippen molar-refractivity contribution in [3.8, 4) is 0 Å². The zero-order valence-electron chi connectivity index (χ0n) is 15.1. The molecule has 0 saturated heterocycles. The number of anilines is 2. The summed E-state index contributed by atoms with van der Waals surface area (Å²) in [5.41, 5.74) is 7.72. The van der Waals surface area contributed by atoms with Gasteiger partial charge in [0.1, 0.15) is 5.82 Å². The maximum absolute atomic E-state index is 14.0. The van der Waals surface area contributed by atoms with E-state index in [0.717, 1.165) is 17.3 Å².